The second kappa shape index (κ2) is 7.75. The minimum atomic E-state index is -0.123. The number of carbonyl (C=O) groups is 1. The van der Waals surface area contributed by atoms with Crippen LogP contribution in [0.15, 0.2) is 34.9 Å². The number of hydrogen-bond acceptors (Lipinski definition) is 3. The van der Waals surface area contributed by atoms with Crippen molar-refractivity contribution in [3.63, 3.8) is 0 Å². The number of aromatic nitrogens is 2. The third-order valence-corrected chi connectivity index (χ3v) is 4.23. The maximum absolute atomic E-state index is 12.5. The lowest BCUT2D eigenvalue weighted by molar-refractivity contribution is 0.0933. The highest BCUT2D eigenvalue weighted by Crippen LogP contribution is 2.17. The number of hydrogen-bond donors (Lipinski definition) is 2. The molecule has 1 amide bonds. The second-order valence-corrected chi connectivity index (χ2v) is 6.98. The maximum Gasteiger partial charge on any atom is 0.255 e. The summed E-state index contributed by atoms with van der Waals surface area (Å²) in [6, 6.07) is 7.78. The monoisotopic (exact) mass is 378 g/mol. The van der Waals surface area contributed by atoms with Crippen molar-refractivity contribution < 1.29 is 4.79 Å². The van der Waals surface area contributed by atoms with Crippen molar-refractivity contribution >= 4 is 21.8 Å². The van der Waals surface area contributed by atoms with Crippen LogP contribution in [0.2, 0.25) is 0 Å². The molecule has 1 aromatic carbocycles. The molecule has 5 nitrogen and oxygen atoms in total. The summed E-state index contributed by atoms with van der Waals surface area (Å²) in [4.78, 5) is 12.5. The van der Waals surface area contributed by atoms with E-state index in [-0.39, 0.29) is 11.9 Å². The standard InChI is InChI=1S/C17H23BrN4O/c1-11(2)8-14(9-19)21-17(23)16-10-20-22(12(16)3)15-6-4-13(18)5-7-15/h4-7,10-11,14H,8-9,19H2,1-3H3,(H,21,23). The second-order valence-electron chi connectivity index (χ2n) is 6.07. The Hall–Kier alpha value is -1.66. The van der Waals surface area contributed by atoms with Crippen molar-refractivity contribution in [2.24, 2.45) is 11.7 Å². The molecule has 3 N–H and O–H groups in total. The van der Waals surface area contributed by atoms with E-state index in [0.717, 1.165) is 22.3 Å². The number of nitrogens with two attached hydrogens (primary N) is 1. The van der Waals surface area contributed by atoms with Crippen molar-refractivity contribution in [2.75, 3.05) is 6.54 Å². The van der Waals surface area contributed by atoms with E-state index < -0.39 is 0 Å². The maximum atomic E-state index is 12.5. The van der Waals surface area contributed by atoms with E-state index >= 15 is 0 Å². The molecule has 0 aliphatic rings. The summed E-state index contributed by atoms with van der Waals surface area (Å²) in [7, 11) is 0. The predicted octanol–water partition coefficient (Wildman–Crippen LogP) is 3.05. The normalized spacial score (nSPS) is 12.4. The van der Waals surface area contributed by atoms with Crippen molar-refractivity contribution in [3.8, 4) is 5.69 Å². The van der Waals surface area contributed by atoms with Gasteiger partial charge in [-0.3, -0.25) is 4.79 Å². The molecule has 0 aliphatic heterocycles. The van der Waals surface area contributed by atoms with Gasteiger partial charge in [-0.25, -0.2) is 4.68 Å². The molecule has 1 atom stereocenters. The number of benzene rings is 1. The fraction of sp³-hybridized carbons (Fsp3) is 0.412. The first-order chi connectivity index (χ1) is 10.9. The van der Waals surface area contributed by atoms with Gasteiger partial charge in [-0.15, -0.1) is 0 Å². The van der Waals surface area contributed by atoms with E-state index in [1.54, 1.807) is 10.9 Å². The Balaban J connectivity index is 2.18. The first-order valence-electron chi connectivity index (χ1n) is 7.73. The van der Waals surface area contributed by atoms with Crippen molar-refractivity contribution in [1.29, 1.82) is 0 Å². The molecule has 0 bridgehead atoms. The Bertz CT molecular complexity index is 664. The van der Waals surface area contributed by atoms with Gasteiger partial charge < -0.3 is 11.1 Å². The summed E-state index contributed by atoms with van der Waals surface area (Å²) in [5, 5.41) is 7.34. The van der Waals surface area contributed by atoms with E-state index in [9.17, 15) is 4.79 Å². The summed E-state index contributed by atoms with van der Waals surface area (Å²) < 4.78 is 2.77. The van der Waals surface area contributed by atoms with Gasteiger partial charge in [-0.05, 0) is 43.5 Å². The average Bonchev–Trinajstić information content (AvgIpc) is 2.88. The molecule has 2 rings (SSSR count). The molecular weight excluding hydrogens is 356 g/mol. The van der Waals surface area contributed by atoms with Gasteiger partial charge >= 0.3 is 0 Å². The number of carbonyl (C=O) groups excluding carboxylic acids is 1. The Morgan fingerprint density at radius 3 is 2.57 bits per heavy atom. The Labute approximate surface area is 145 Å². The van der Waals surface area contributed by atoms with Gasteiger partial charge in [0.25, 0.3) is 5.91 Å². The summed E-state index contributed by atoms with van der Waals surface area (Å²) in [6.07, 6.45) is 2.47. The van der Waals surface area contributed by atoms with Gasteiger partial charge in [-0.2, -0.15) is 5.10 Å². The third kappa shape index (κ3) is 4.42. The lowest BCUT2D eigenvalue weighted by Gasteiger charge is -2.18. The molecule has 6 heteroatoms. The lowest BCUT2D eigenvalue weighted by Crippen LogP contribution is -2.41. The van der Waals surface area contributed by atoms with E-state index in [0.29, 0.717) is 18.0 Å². The highest BCUT2D eigenvalue weighted by atomic mass is 79.9. The summed E-state index contributed by atoms with van der Waals surface area (Å²) in [5.41, 5.74) is 8.06. The molecule has 1 heterocycles. The van der Waals surface area contributed by atoms with E-state index in [4.69, 9.17) is 5.73 Å². The molecule has 0 saturated carbocycles. The van der Waals surface area contributed by atoms with Crippen LogP contribution < -0.4 is 11.1 Å². The van der Waals surface area contributed by atoms with Gasteiger partial charge in [0.1, 0.15) is 0 Å². The fourth-order valence-corrected chi connectivity index (χ4v) is 2.79. The Morgan fingerprint density at radius 2 is 2.00 bits per heavy atom. The van der Waals surface area contributed by atoms with Gasteiger partial charge in [0, 0.05) is 17.1 Å². The largest absolute Gasteiger partial charge is 0.348 e. The van der Waals surface area contributed by atoms with Crippen LogP contribution >= 0.6 is 15.9 Å². The van der Waals surface area contributed by atoms with Crippen molar-refractivity contribution in [3.05, 3.63) is 46.2 Å². The zero-order chi connectivity index (χ0) is 17.0. The molecule has 0 aliphatic carbocycles. The zero-order valence-corrected chi connectivity index (χ0v) is 15.3. The van der Waals surface area contributed by atoms with Crippen LogP contribution in [0.4, 0.5) is 0 Å². The van der Waals surface area contributed by atoms with Crippen LogP contribution in [0.3, 0.4) is 0 Å². The molecule has 2 aromatic rings. The van der Waals surface area contributed by atoms with Crippen LogP contribution in [0.5, 0.6) is 0 Å². The van der Waals surface area contributed by atoms with E-state index in [1.165, 1.54) is 0 Å². The van der Waals surface area contributed by atoms with Crippen LogP contribution in [0.25, 0.3) is 5.69 Å². The van der Waals surface area contributed by atoms with Crippen molar-refractivity contribution in [2.45, 2.75) is 33.2 Å². The minimum absolute atomic E-state index is 0.0158. The predicted molar refractivity (Wildman–Crippen MR) is 95.8 cm³/mol. The van der Waals surface area contributed by atoms with Crippen LogP contribution in [-0.2, 0) is 0 Å². The lowest BCUT2D eigenvalue weighted by atomic mass is 10.0. The molecular formula is C17H23BrN4O. The first kappa shape index (κ1) is 17.7. The number of rotatable bonds is 6. The smallest absolute Gasteiger partial charge is 0.255 e. The molecule has 0 fully saturated rings. The SMILES string of the molecule is Cc1c(C(=O)NC(CN)CC(C)C)cnn1-c1ccc(Br)cc1. The van der Waals surface area contributed by atoms with Crippen LogP contribution in [0, 0.1) is 12.8 Å². The highest BCUT2D eigenvalue weighted by Gasteiger charge is 2.18. The third-order valence-electron chi connectivity index (χ3n) is 3.70. The van der Waals surface area contributed by atoms with E-state index in [2.05, 4.69) is 40.2 Å². The molecule has 1 aromatic heterocycles. The summed E-state index contributed by atoms with van der Waals surface area (Å²) in [6.45, 7) is 6.56. The zero-order valence-electron chi connectivity index (χ0n) is 13.7. The van der Waals surface area contributed by atoms with Gasteiger partial charge in [0.15, 0.2) is 0 Å². The molecule has 1 unspecified atom stereocenters. The van der Waals surface area contributed by atoms with Gasteiger partial charge in [0.2, 0.25) is 0 Å². The molecule has 124 valence electrons. The minimum Gasteiger partial charge on any atom is -0.348 e. The Kier molecular flexibility index (Phi) is 5.96. The topological polar surface area (TPSA) is 72.9 Å². The molecule has 0 radical (unpaired) electrons. The number of amides is 1. The van der Waals surface area contributed by atoms with Crippen LogP contribution in [-0.4, -0.2) is 28.3 Å². The number of nitrogens with zero attached hydrogens (tertiary/aromatic N) is 2. The number of nitrogens with one attached hydrogen (secondary N) is 1. The van der Waals surface area contributed by atoms with Crippen LogP contribution in [0.1, 0.15) is 36.3 Å². The molecule has 23 heavy (non-hydrogen) atoms. The molecule has 0 spiro atoms. The van der Waals surface area contributed by atoms with Gasteiger partial charge in [0.05, 0.1) is 23.1 Å². The average molecular weight is 379 g/mol. The first-order valence-corrected chi connectivity index (χ1v) is 8.53. The van der Waals surface area contributed by atoms with Gasteiger partial charge in [-0.1, -0.05) is 29.8 Å². The molecule has 0 saturated heterocycles. The number of halogens is 1. The fourth-order valence-electron chi connectivity index (χ4n) is 2.52. The Morgan fingerprint density at radius 1 is 1.35 bits per heavy atom. The van der Waals surface area contributed by atoms with Crippen molar-refractivity contribution in [1.82, 2.24) is 15.1 Å². The quantitative estimate of drug-likeness (QED) is 0.810. The van der Waals surface area contributed by atoms with E-state index in [1.807, 2.05) is 31.2 Å². The summed E-state index contributed by atoms with van der Waals surface area (Å²) >= 11 is 3.41. The highest BCUT2D eigenvalue weighted by molar-refractivity contribution is 9.10. The summed E-state index contributed by atoms with van der Waals surface area (Å²) in [5.74, 6) is 0.359.